The van der Waals surface area contributed by atoms with Gasteiger partial charge in [-0.3, -0.25) is 4.79 Å². The Morgan fingerprint density at radius 2 is 2.22 bits per heavy atom. The molecule has 0 heterocycles. The number of amides is 1. The van der Waals surface area contributed by atoms with Gasteiger partial charge in [0.05, 0.1) is 5.56 Å². The summed E-state index contributed by atoms with van der Waals surface area (Å²) in [5, 5.41) is 13.5. The van der Waals surface area contributed by atoms with E-state index in [4.69, 9.17) is 0 Å². The topological polar surface area (TPSA) is 61.7 Å². The van der Waals surface area contributed by atoms with Gasteiger partial charge in [0.2, 0.25) is 0 Å². The number of hydrazone groups is 1. The molecule has 1 aliphatic carbocycles. The number of para-hydroxylation sites is 1. The maximum absolute atomic E-state index is 11.7. The van der Waals surface area contributed by atoms with Crippen LogP contribution in [0.15, 0.2) is 41.5 Å². The summed E-state index contributed by atoms with van der Waals surface area (Å²) in [6.07, 6.45) is 9.14. The first-order valence-corrected chi connectivity index (χ1v) is 6.04. The van der Waals surface area contributed by atoms with Crippen LogP contribution in [0, 0.1) is 5.92 Å². The van der Waals surface area contributed by atoms with E-state index in [1.54, 1.807) is 24.4 Å². The van der Waals surface area contributed by atoms with Crippen molar-refractivity contribution < 1.29 is 9.90 Å². The Hall–Kier alpha value is -2.10. The number of allylic oxidation sites excluding steroid dienone is 2. The number of phenols is 1. The van der Waals surface area contributed by atoms with Gasteiger partial charge in [-0.25, -0.2) is 5.43 Å². The molecule has 0 fully saturated rings. The largest absolute Gasteiger partial charge is 0.507 e. The first-order chi connectivity index (χ1) is 8.77. The molecular weight excluding hydrogens is 228 g/mol. The molecule has 1 aromatic carbocycles. The lowest BCUT2D eigenvalue weighted by Crippen LogP contribution is -2.18. The zero-order valence-corrected chi connectivity index (χ0v) is 10.0. The summed E-state index contributed by atoms with van der Waals surface area (Å²) < 4.78 is 0. The number of aromatic hydroxyl groups is 1. The fourth-order valence-electron chi connectivity index (χ4n) is 1.88. The molecule has 1 unspecified atom stereocenters. The molecular formula is C14H16N2O2. The van der Waals surface area contributed by atoms with Gasteiger partial charge in [-0.2, -0.15) is 5.10 Å². The molecule has 2 N–H and O–H groups in total. The maximum atomic E-state index is 11.7. The van der Waals surface area contributed by atoms with E-state index in [1.165, 1.54) is 6.07 Å². The van der Waals surface area contributed by atoms with E-state index in [9.17, 15) is 9.90 Å². The SMILES string of the molecule is O=C(N/N=C\C1CC=CCC1)c1ccccc1O. The van der Waals surface area contributed by atoms with Crippen molar-refractivity contribution >= 4 is 12.1 Å². The number of hydrogen-bond acceptors (Lipinski definition) is 3. The van der Waals surface area contributed by atoms with Crippen molar-refractivity contribution in [1.29, 1.82) is 0 Å². The maximum Gasteiger partial charge on any atom is 0.275 e. The monoisotopic (exact) mass is 244 g/mol. The highest BCUT2D eigenvalue weighted by molar-refractivity contribution is 5.96. The minimum atomic E-state index is -0.393. The van der Waals surface area contributed by atoms with Gasteiger partial charge in [-0.05, 0) is 37.3 Å². The second-order valence-electron chi connectivity index (χ2n) is 4.28. The number of carbonyl (C=O) groups excluding carboxylic acids is 1. The molecule has 4 heteroatoms. The van der Waals surface area contributed by atoms with Gasteiger partial charge in [0, 0.05) is 6.21 Å². The van der Waals surface area contributed by atoms with Gasteiger partial charge in [-0.15, -0.1) is 0 Å². The van der Waals surface area contributed by atoms with Crippen LogP contribution in [0.2, 0.25) is 0 Å². The third-order valence-electron chi connectivity index (χ3n) is 2.91. The minimum absolute atomic E-state index is 0.0363. The third kappa shape index (κ3) is 3.20. The first-order valence-electron chi connectivity index (χ1n) is 6.04. The van der Waals surface area contributed by atoms with Gasteiger partial charge in [-0.1, -0.05) is 24.3 Å². The van der Waals surface area contributed by atoms with Gasteiger partial charge < -0.3 is 5.11 Å². The highest BCUT2D eigenvalue weighted by atomic mass is 16.3. The average Bonchev–Trinajstić information content (AvgIpc) is 2.40. The van der Waals surface area contributed by atoms with Crippen LogP contribution in [-0.4, -0.2) is 17.2 Å². The van der Waals surface area contributed by atoms with Crippen LogP contribution in [0.1, 0.15) is 29.6 Å². The van der Waals surface area contributed by atoms with Crippen molar-refractivity contribution in [3.63, 3.8) is 0 Å². The lowest BCUT2D eigenvalue weighted by atomic mass is 9.96. The molecule has 18 heavy (non-hydrogen) atoms. The van der Waals surface area contributed by atoms with E-state index >= 15 is 0 Å². The average molecular weight is 244 g/mol. The van der Waals surface area contributed by atoms with E-state index < -0.39 is 5.91 Å². The van der Waals surface area contributed by atoms with Crippen LogP contribution in [0.4, 0.5) is 0 Å². The predicted octanol–water partition coefficient (Wildman–Crippen LogP) is 2.46. The second-order valence-corrected chi connectivity index (χ2v) is 4.28. The molecule has 0 bridgehead atoms. The molecule has 1 aromatic rings. The number of rotatable bonds is 3. The van der Waals surface area contributed by atoms with E-state index in [0.29, 0.717) is 5.92 Å². The fourth-order valence-corrected chi connectivity index (χ4v) is 1.88. The van der Waals surface area contributed by atoms with Crippen molar-refractivity contribution in [2.75, 3.05) is 0 Å². The highest BCUT2D eigenvalue weighted by Crippen LogP contribution is 2.16. The highest BCUT2D eigenvalue weighted by Gasteiger charge is 2.10. The smallest absolute Gasteiger partial charge is 0.275 e. The van der Waals surface area contributed by atoms with Crippen LogP contribution < -0.4 is 5.43 Å². The molecule has 0 aliphatic heterocycles. The first kappa shape index (κ1) is 12.4. The molecule has 1 aliphatic rings. The molecule has 0 saturated carbocycles. The van der Waals surface area contributed by atoms with Crippen LogP contribution in [0.5, 0.6) is 5.75 Å². The molecule has 0 spiro atoms. The molecule has 2 rings (SSSR count). The van der Waals surface area contributed by atoms with Gasteiger partial charge in [0.25, 0.3) is 5.91 Å². The quantitative estimate of drug-likeness (QED) is 0.487. The Morgan fingerprint density at radius 3 is 2.94 bits per heavy atom. The molecule has 0 saturated heterocycles. The van der Waals surface area contributed by atoms with E-state index in [-0.39, 0.29) is 11.3 Å². The van der Waals surface area contributed by atoms with Gasteiger partial charge in [0.1, 0.15) is 5.75 Å². The lowest BCUT2D eigenvalue weighted by Gasteiger charge is -2.11. The van der Waals surface area contributed by atoms with Crippen molar-refractivity contribution in [3.8, 4) is 5.75 Å². The number of nitrogens with zero attached hydrogens (tertiary/aromatic N) is 1. The number of nitrogens with one attached hydrogen (secondary N) is 1. The summed E-state index contributed by atoms with van der Waals surface area (Å²) in [4.78, 5) is 11.7. The number of benzene rings is 1. The summed E-state index contributed by atoms with van der Waals surface area (Å²) in [7, 11) is 0. The normalized spacial score (nSPS) is 19.0. The van der Waals surface area contributed by atoms with Crippen molar-refractivity contribution in [2.24, 2.45) is 11.0 Å². The Labute approximate surface area is 106 Å². The Balaban J connectivity index is 1.90. The zero-order chi connectivity index (χ0) is 12.8. The summed E-state index contributed by atoms with van der Waals surface area (Å²) in [5.74, 6) is -0.0406. The number of phenolic OH excluding ortho intramolecular Hbond substituents is 1. The Morgan fingerprint density at radius 1 is 1.39 bits per heavy atom. The van der Waals surface area contributed by atoms with Crippen LogP contribution in [0.3, 0.4) is 0 Å². The Kier molecular flexibility index (Phi) is 4.12. The van der Waals surface area contributed by atoms with Gasteiger partial charge in [0.15, 0.2) is 0 Å². The number of carbonyl (C=O) groups is 1. The van der Waals surface area contributed by atoms with Crippen molar-refractivity contribution in [1.82, 2.24) is 5.43 Å². The molecule has 1 amide bonds. The molecule has 1 atom stereocenters. The van der Waals surface area contributed by atoms with Crippen LogP contribution in [-0.2, 0) is 0 Å². The van der Waals surface area contributed by atoms with Crippen LogP contribution >= 0.6 is 0 Å². The molecule has 0 radical (unpaired) electrons. The molecule has 94 valence electrons. The van der Waals surface area contributed by atoms with E-state index in [2.05, 4.69) is 22.7 Å². The number of hydrogen-bond donors (Lipinski definition) is 2. The summed E-state index contributed by atoms with van der Waals surface area (Å²) >= 11 is 0. The van der Waals surface area contributed by atoms with Gasteiger partial charge >= 0.3 is 0 Å². The molecule has 4 nitrogen and oxygen atoms in total. The minimum Gasteiger partial charge on any atom is -0.507 e. The standard InChI is InChI=1S/C14H16N2O2/c17-13-9-5-4-8-12(13)14(18)16-15-10-11-6-2-1-3-7-11/h1-2,4-5,8-11,17H,3,6-7H2,(H,16,18)/b15-10-. The summed E-state index contributed by atoms with van der Waals surface area (Å²) in [5.41, 5.74) is 2.67. The summed E-state index contributed by atoms with van der Waals surface area (Å²) in [6.45, 7) is 0. The van der Waals surface area contributed by atoms with E-state index in [1.807, 2.05) is 0 Å². The fraction of sp³-hybridized carbons (Fsp3) is 0.286. The molecule has 0 aromatic heterocycles. The predicted molar refractivity (Wildman–Crippen MR) is 70.5 cm³/mol. The lowest BCUT2D eigenvalue weighted by molar-refractivity contribution is 0.0952. The van der Waals surface area contributed by atoms with Crippen molar-refractivity contribution in [3.05, 3.63) is 42.0 Å². The zero-order valence-electron chi connectivity index (χ0n) is 10.0. The summed E-state index contributed by atoms with van der Waals surface area (Å²) in [6, 6.07) is 6.40. The van der Waals surface area contributed by atoms with Crippen LogP contribution in [0.25, 0.3) is 0 Å². The van der Waals surface area contributed by atoms with Crippen molar-refractivity contribution in [2.45, 2.75) is 19.3 Å². The third-order valence-corrected chi connectivity index (χ3v) is 2.91. The van der Waals surface area contributed by atoms with E-state index in [0.717, 1.165) is 19.3 Å². The second kappa shape index (κ2) is 6.00. The Bertz CT molecular complexity index is 480.